The van der Waals surface area contributed by atoms with E-state index in [2.05, 4.69) is 29.7 Å². The van der Waals surface area contributed by atoms with E-state index in [1.165, 1.54) is 10.1 Å². The van der Waals surface area contributed by atoms with Gasteiger partial charge in [0.05, 0.1) is 22.3 Å². The molecular weight excluding hydrogens is 460 g/mol. The minimum atomic E-state index is -0.416. The van der Waals surface area contributed by atoms with E-state index in [1.54, 1.807) is 48.5 Å². The van der Waals surface area contributed by atoms with E-state index in [9.17, 15) is 14.4 Å². The summed E-state index contributed by atoms with van der Waals surface area (Å²) in [4.78, 5) is 42.7. The molecule has 1 atom stereocenters. The van der Waals surface area contributed by atoms with E-state index in [-0.39, 0.29) is 11.3 Å². The molecule has 35 heavy (non-hydrogen) atoms. The van der Waals surface area contributed by atoms with Gasteiger partial charge in [-0.25, -0.2) is 4.98 Å². The fourth-order valence-corrected chi connectivity index (χ4v) is 4.39. The maximum absolute atomic E-state index is 13.4. The largest absolute Gasteiger partial charge is 0.272 e. The van der Waals surface area contributed by atoms with Gasteiger partial charge >= 0.3 is 0 Å². The van der Waals surface area contributed by atoms with Crippen LogP contribution in [0, 0.1) is 0 Å². The molecule has 3 aromatic carbocycles. The maximum atomic E-state index is 13.4. The summed E-state index contributed by atoms with van der Waals surface area (Å²) in [5.74, 6) is -0.448. The van der Waals surface area contributed by atoms with Gasteiger partial charge in [0.15, 0.2) is 5.16 Å². The van der Waals surface area contributed by atoms with Crippen LogP contribution in [0.5, 0.6) is 0 Å². The monoisotopic (exact) mass is 486 g/mol. The maximum Gasteiger partial charge on any atom is 0.269 e. The van der Waals surface area contributed by atoms with Crippen molar-refractivity contribution in [2.24, 2.45) is 0 Å². The third-order valence-electron chi connectivity index (χ3n) is 5.76. The summed E-state index contributed by atoms with van der Waals surface area (Å²) in [7, 11) is 0. The van der Waals surface area contributed by atoms with Crippen molar-refractivity contribution in [1.82, 2.24) is 20.4 Å². The van der Waals surface area contributed by atoms with Crippen molar-refractivity contribution in [3.63, 3.8) is 0 Å². The number of carbonyl (C=O) groups is 2. The van der Waals surface area contributed by atoms with Gasteiger partial charge in [0, 0.05) is 5.56 Å². The Morgan fingerprint density at radius 3 is 2.34 bits per heavy atom. The summed E-state index contributed by atoms with van der Waals surface area (Å²) in [6.07, 6.45) is 1.02. The Labute approximate surface area is 207 Å². The summed E-state index contributed by atoms with van der Waals surface area (Å²) >= 11 is 1.13. The van der Waals surface area contributed by atoms with Crippen LogP contribution in [0.3, 0.4) is 0 Å². The third-order valence-corrected chi connectivity index (χ3v) is 6.70. The average molecular weight is 487 g/mol. The summed E-state index contributed by atoms with van der Waals surface area (Å²) < 4.78 is 1.53. The van der Waals surface area contributed by atoms with Gasteiger partial charge in [0.1, 0.15) is 0 Å². The van der Waals surface area contributed by atoms with E-state index >= 15 is 0 Å². The predicted octanol–water partition coefficient (Wildman–Crippen LogP) is 4.45. The smallest absolute Gasteiger partial charge is 0.269 e. The van der Waals surface area contributed by atoms with Crippen LogP contribution in [0.2, 0.25) is 0 Å². The number of fused-ring (bicyclic) bond motifs is 1. The molecule has 7 nitrogen and oxygen atoms in total. The van der Waals surface area contributed by atoms with Gasteiger partial charge in [-0.05, 0) is 54.3 Å². The molecule has 0 aliphatic heterocycles. The highest BCUT2D eigenvalue weighted by molar-refractivity contribution is 7.99. The van der Waals surface area contributed by atoms with Gasteiger partial charge < -0.3 is 0 Å². The highest BCUT2D eigenvalue weighted by Crippen LogP contribution is 2.24. The Kier molecular flexibility index (Phi) is 7.62. The second-order valence-corrected chi connectivity index (χ2v) is 9.05. The Balaban J connectivity index is 1.56. The molecule has 0 radical (unpaired) electrons. The standard InChI is InChI=1S/C27H26N4O3S/c1-3-18(2)19-13-15-21(16-14-19)31-26(34)22-11-7-8-12-23(22)28-27(31)35-17-24(32)29-30-25(33)20-9-5-4-6-10-20/h4-16,18H,3,17H2,1-2H3,(H,29,32)(H,30,33). The molecule has 0 bridgehead atoms. The summed E-state index contributed by atoms with van der Waals surface area (Å²) in [6, 6.07) is 23.6. The number of rotatable bonds is 7. The van der Waals surface area contributed by atoms with Gasteiger partial charge in [-0.1, -0.05) is 68.1 Å². The molecule has 2 N–H and O–H groups in total. The van der Waals surface area contributed by atoms with Crippen molar-refractivity contribution in [2.75, 3.05) is 5.75 Å². The first-order chi connectivity index (χ1) is 17.0. The van der Waals surface area contributed by atoms with Crippen LogP contribution in [0.15, 0.2) is 88.8 Å². The van der Waals surface area contributed by atoms with Gasteiger partial charge in [-0.3, -0.25) is 29.8 Å². The molecular formula is C27H26N4O3S. The van der Waals surface area contributed by atoms with Crippen molar-refractivity contribution >= 4 is 34.5 Å². The molecule has 8 heteroatoms. The lowest BCUT2D eigenvalue weighted by molar-refractivity contribution is -0.119. The number of hydrogen-bond acceptors (Lipinski definition) is 5. The minimum absolute atomic E-state index is 0.0369. The third kappa shape index (κ3) is 5.60. The van der Waals surface area contributed by atoms with Crippen molar-refractivity contribution < 1.29 is 9.59 Å². The second-order valence-electron chi connectivity index (χ2n) is 8.11. The van der Waals surface area contributed by atoms with Gasteiger partial charge in [0.2, 0.25) is 5.91 Å². The first-order valence-electron chi connectivity index (χ1n) is 11.4. The number of thioether (sulfide) groups is 1. The fraction of sp³-hybridized carbons (Fsp3) is 0.185. The van der Waals surface area contributed by atoms with Crippen molar-refractivity contribution in [2.45, 2.75) is 31.3 Å². The average Bonchev–Trinajstić information content (AvgIpc) is 2.90. The molecule has 1 heterocycles. The number of hydrogen-bond donors (Lipinski definition) is 2. The summed E-state index contributed by atoms with van der Waals surface area (Å²) in [5.41, 5.74) is 7.49. The molecule has 2 amide bonds. The highest BCUT2D eigenvalue weighted by Gasteiger charge is 2.16. The molecule has 1 unspecified atom stereocenters. The highest BCUT2D eigenvalue weighted by atomic mass is 32.2. The Hall–Kier alpha value is -3.91. The zero-order valence-corrected chi connectivity index (χ0v) is 20.3. The number of aromatic nitrogens is 2. The van der Waals surface area contributed by atoms with Crippen molar-refractivity contribution in [1.29, 1.82) is 0 Å². The quantitative estimate of drug-likeness (QED) is 0.229. The van der Waals surface area contributed by atoms with Gasteiger partial charge in [-0.2, -0.15) is 0 Å². The SMILES string of the molecule is CCC(C)c1ccc(-n2c(SCC(=O)NNC(=O)c3ccccc3)nc3ccccc3c2=O)cc1. The number of nitrogens with zero attached hydrogens (tertiary/aromatic N) is 2. The number of hydrazine groups is 1. The molecule has 0 saturated heterocycles. The van der Waals surface area contributed by atoms with Gasteiger partial charge in [0.25, 0.3) is 11.5 Å². The molecule has 4 aromatic rings. The van der Waals surface area contributed by atoms with E-state index in [0.717, 1.165) is 18.2 Å². The topological polar surface area (TPSA) is 93.1 Å². The Morgan fingerprint density at radius 2 is 1.63 bits per heavy atom. The zero-order valence-electron chi connectivity index (χ0n) is 19.5. The lowest BCUT2D eigenvalue weighted by atomic mass is 9.98. The van der Waals surface area contributed by atoms with E-state index in [1.807, 2.05) is 30.3 Å². The van der Waals surface area contributed by atoms with Gasteiger partial charge in [-0.15, -0.1) is 0 Å². The molecule has 4 rings (SSSR count). The number of para-hydroxylation sites is 1. The van der Waals surface area contributed by atoms with Crippen LogP contribution in [0.25, 0.3) is 16.6 Å². The number of amides is 2. The predicted molar refractivity (Wildman–Crippen MR) is 139 cm³/mol. The van der Waals surface area contributed by atoms with Crippen LogP contribution in [0.4, 0.5) is 0 Å². The van der Waals surface area contributed by atoms with Crippen LogP contribution in [-0.2, 0) is 4.79 Å². The number of benzene rings is 3. The van der Waals surface area contributed by atoms with E-state index in [4.69, 9.17) is 0 Å². The summed E-state index contributed by atoms with van der Waals surface area (Å²) in [6.45, 7) is 4.30. The zero-order chi connectivity index (χ0) is 24.8. The van der Waals surface area contributed by atoms with E-state index < -0.39 is 11.8 Å². The molecule has 0 aliphatic carbocycles. The molecule has 178 valence electrons. The van der Waals surface area contributed by atoms with Crippen LogP contribution in [0.1, 0.15) is 42.1 Å². The van der Waals surface area contributed by atoms with Crippen LogP contribution >= 0.6 is 11.8 Å². The summed E-state index contributed by atoms with van der Waals surface area (Å²) in [5, 5.41) is 0.900. The minimum Gasteiger partial charge on any atom is -0.272 e. The fourth-order valence-electron chi connectivity index (χ4n) is 3.58. The van der Waals surface area contributed by atoms with Crippen LogP contribution < -0.4 is 16.4 Å². The van der Waals surface area contributed by atoms with Crippen LogP contribution in [-0.4, -0.2) is 27.1 Å². The van der Waals surface area contributed by atoms with E-state index in [0.29, 0.717) is 33.2 Å². The Bertz CT molecular complexity index is 1400. The van der Waals surface area contributed by atoms with Crippen molar-refractivity contribution in [3.05, 3.63) is 100 Å². The first-order valence-corrected chi connectivity index (χ1v) is 12.4. The molecule has 0 saturated carbocycles. The lowest BCUT2D eigenvalue weighted by Crippen LogP contribution is -2.42. The molecule has 0 aliphatic rings. The number of nitrogens with one attached hydrogen (secondary N) is 2. The second kappa shape index (κ2) is 11.0. The normalized spacial score (nSPS) is 11.7. The Morgan fingerprint density at radius 1 is 0.943 bits per heavy atom. The first kappa shape index (κ1) is 24.2. The van der Waals surface area contributed by atoms with Crippen molar-refractivity contribution in [3.8, 4) is 5.69 Å². The molecule has 0 spiro atoms. The molecule has 0 fully saturated rings. The molecule has 1 aromatic heterocycles. The lowest BCUT2D eigenvalue weighted by Gasteiger charge is -2.15. The number of carbonyl (C=O) groups excluding carboxylic acids is 2.